The lowest BCUT2D eigenvalue weighted by molar-refractivity contribution is 0.0586. The van der Waals surface area contributed by atoms with Crippen molar-refractivity contribution in [2.75, 3.05) is 6.54 Å². The van der Waals surface area contributed by atoms with Gasteiger partial charge in [0.05, 0.1) is 17.6 Å². The third kappa shape index (κ3) is 1.26. The Bertz CT molecular complexity index is 361. The van der Waals surface area contributed by atoms with E-state index in [-0.39, 0.29) is 5.54 Å². The summed E-state index contributed by atoms with van der Waals surface area (Å²) in [6.07, 6.45) is 5.48. The predicted molar refractivity (Wildman–Crippen MR) is 59.5 cm³/mol. The zero-order valence-electron chi connectivity index (χ0n) is 9.51. The molecule has 2 aliphatic rings. The number of hydrogen-bond acceptors (Lipinski definition) is 2. The van der Waals surface area contributed by atoms with Crippen LogP contribution in [0.4, 0.5) is 0 Å². The largest absolute Gasteiger partial charge is 0.348 e. The summed E-state index contributed by atoms with van der Waals surface area (Å²) < 4.78 is 0. The Morgan fingerprint density at radius 3 is 3.00 bits per heavy atom. The van der Waals surface area contributed by atoms with Crippen LogP contribution in [-0.4, -0.2) is 16.5 Å². The quantitative estimate of drug-likeness (QED) is 0.734. The molecule has 1 fully saturated rings. The number of fused-ring (bicyclic) bond motifs is 2. The molecule has 0 bridgehead atoms. The van der Waals surface area contributed by atoms with Gasteiger partial charge in [0.25, 0.3) is 0 Å². The van der Waals surface area contributed by atoms with Crippen molar-refractivity contribution in [1.82, 2.24) is 15.3 Å². The standard InChI is InChI=1S/C12H19N3/c1-8(2)9-5-12(6-9)11-10(3-4-15-12)13-7-14-11/h7-9,15H,3-6H2,1-2H3,(H,13,14). The van der Waals surface area contributed by atoms with E-state index in [0.717, 1.165) is 24.8 Å². The van der Waals surface area contributed by atoms with Crippen LogP contribution in [0.15, 0.2) is 6.33 Å². The average Bonchev–Trinajstić information content (AvgIpc) is 2.60. The highest BCUT2D eigenvalue weighted by molar-refractivity contribution is 5.28. The van der Waals surface area contributed by atoms with E-state index in [0.29, 0.717) is 0 Å². The third-order valence-corrected chi connectivity index (χ3v) is 4.17. The second kappa shape index (κ2) is 3.08. The van der Waals surface area contributed by atoms with E-state index in [2.05, 4.69) is 29.1 Å². The van der Waals surface area contributed by atoms with Gasteiger partial charge in [0.2, 0.25) is 0 Å². The fraction of sp³-hybridized carbons (Fsp3) is 0.750. The molecular formula is C12H19N3. The monoisotopic (exact) mass is 205 g/mol. The highest BCUT2D eigenvalue weighted by Crippen LogP contribution is 2.49. The highest BCUT2D eigenvalue weighted by Gasteiger charge is 2.49. The number of aromatic nitrogens is 2. The Morgan fingerprint density at radius 2 is 2.27 bits per heavy atom. The van der Waals surface area contributed by atoms with Gasteiger partial charge in [0.15, 0.2) is 0 Å². The number of H-pyrrole nitrogens is 1. The summed E-state index contributed by atoms with van der Waals surface area (Å²) in [5.41, 5.74) is 2.88. The summed E-state index contributed by atoms with van der Waals surface area (Å²) in [5.74, 6) is 1.68. The van der Waals surface area contributed by atoms with E-state index in [9.17, 15) is 0 Å². The molecule has 0 amide bonds. The summed E-state index contributed by atoms with van der Waals surface area (Å²) in [6.45, 7) is 5.75. The Kier molecular flexibility index (Phi) is 1.93. The van der Waals surface area contributed by atoms with Crippen molar-refractivity contribution < 1.29 is 0 Å². The van der Waals surface area contributed by atoms with Crippen LogP contribution in [0.1, 0.15) is 38.1 Å². The van der Waals surface area contributed by atoms with Crippen molar-refractivity contribution in [3.05, 3.63) is 17.7 Å². The van der Waals surface area contributed by atoms with E-state index in [1.807, 2.05) is 6.33 Å². The van der Waals surface area contributed by atoms with Crippen LogP contribution in [0.2, 0.25) is 0 Å². The number of imidazole rings is 1. The molecule has 1 aliphatic heterocycles. The lowest BCUT2D eigenvalue weighted by atomic mass is 9.61. The Hall–Kier alpha value is -0.830. The van der Waals surface area contributed by atoms with Crippen LogP contribution < -0.4 is 5.32 Å². The van der Waals surface area contributed by atoms with Crippen LogP contribution >= 0.6 is 0 Å². The molecule has 1 saturated carbocycles. The maximum absolute atomic E-state index is 4.51. The number of aromatic amines is 1. The van der Waals surface area contributed by atoms with Crippen molar-refractivity contribution >= 4 is 0 Å². The van der Waals surface area contributed by atoms with Crippen LogP contribution in [0.3, 0.4) is 0 Å². The van der Waals surface area contributed by atoms with Crippen LogP contribution in [0, 0.1) is 11.8 Å². The highest BCUT2D eigenvalue weighted by atomic mass is 15.1. The molecule has 1 aliphatic carbocycles. The Labute approximate surface area is 90.7 Å². The zero-order chi connectivity index (χ0) is 10.5. The van der Waals surface area contributed by atoms with Gasteiger partial charge in [-0.05, 0) is 24.7 Å². The third-order valence-electron chi connectivity index (χ3n) is 4.17. The number of rotatable bonds is 1. The lowest BCUT2D eigenvalue weighted by Crippen LogP contribution is -2.57. The summed E-state index contributed by atoms with van der Waals surface area (Å²) in [5, 5.41) is 3.68. The predicted octanol–water partition coefficient (Wildman–Crippen LogP) is 1.82. The van der Waals surface area contributed by atoms with Crippen molar-refractivity contribution in [2.24, 2.45) is 11.8 Å². The molecule has 15 heavy (non-hydrogen) atoms. The SMILES string of the molecule is CC(C)C1CC2(C1)NCCc1[nH]cnc12. The number of nitrogens with zero attached hydrogens (tertiary/aromatic N) is 1. The zero-order valence-corrected chi connectivity index (χ0v) is 9.51. The van der Waals surface area contributed by atoms with Crippen molar-refractivity contribution in [3.8, 4) is 0 Å². The summed E-state index contributed by atoms with van der Waals surface area (Å²) in [4.78, 5) is 7.78. The van der Waals surface area contributed by atoms with Gasteiger partial charge in [-0.15, -0.1) is 0 Å². The Morgan fingerprint density at radius 1 is 1.47 bits per heavy atom. The molecule has 0 radical (unpaired) electrons. The van der Waals surface area contributed by atoms with Crippen molar-refractivity contribution in [3.63, 3.8) is 0 Å². The summed E-state index contributed by atoms with van der Waals surface area (Å²) in [7, 11) is 0. The number of hydrogen-bond donors (Lipinski definition) is 2. The fourth-order valence-corrected chi connectivity index (χ4v) is 3.08. The lowest BCUT2D eigenvalue weighted by Gasteiger charge is -2.51. The topological polar surface area (TPSA) is 40.7 Å². The molecule has 2 N–H and O–H groups in total. The van der Waals surface area contributed by atoms with E-state index in [1.165, 1.54) is 24.2 Å². The van der Waals surface area contributed by atoms with Gasteiger partial charge >= 0.3 is 0 Å². The molecule has 3 rings (SSSR count). The molecule has 2 heterocycles. The minimum Gasteiger partial charge on any atom is -0.348 e. The van der Waals surface area contributed by atoms with Gasteiger partial charge in [-0.2, -0.15) is 0 Å². The first-order valence-electron chi connectivity index (χ1n) is 5.99. The van der Waals surface area contributed by atoms with Gasteiger partial charge in [-0.1, -0.05) is 13.8 Å². The van der Waals surface area contributed by atoms with Gasteiger partial charge in [-0.3, -0.25) is 0 Å². The first-order chi connectivity index (χ1) is 7.21. The molecule has 0 saturated heterocycles. The minimum absolute atomic E-state index is 0.225. The minimum atomic E-state index is 0.225. The van der Waals surface area contributed by atoms with E-state index in [1.54, 1.807) is 0 Å². The molecule has 0 atom stereocenters. The van der Waals surface area contributed by atoms with E-state index < -0.39 is 0 Å². The first-order valence-corrected chi connectivity index (χ1v) is 5.99. The summed E-state index contributed by atoms with van der Waals surface area (Å²) >= 11 is 0. The maximum atomic E-state index is 4.51. The van der Waals surface area contributed by atoms with Crippen molar-refractivity contribution in [1.29, 1.82) is 0 Å². The van der Waals surface area contributed by atoms with Crippen molar-refractivity contribution in [2.45, 2.75) is 38.6 Å². The molecule has 1 aromatic rings. The molecule has 1 aromatic heterocycles. The molecule has 3 nitrogen and oxygen atoms in total. The first kappa shape index (κ1) is 9.40. The van der Waals surface area contributed by atoms with E-state index in [4.69, 9.17) is 0 Å². The van der Waals surface area contributed by atoms with Gasteiger partial charge in [0.1, 0.15) is 0 Å². The van der Waals surface area contributed by atoms with Crippen LogP contribution in [0.5, 0.6) is 0 Å². The molecular weight excluding hydrogens is 186 g/mol. The normalized spacial score (nSPS) is 34.2. The van der Waals surface area contributed by atoms with Crippen LogP contribution in [0.25, 0.3) is 0 Å². The fourth-order valence-electron chi connectivity index (χ4n) is 3.08. The summed E-state index contributed by atoms with van der Waals surface area (Å²) in [6, 6.07) is 0. The number of nitrogens with one attached hydrogen (secondary N) is 2. The average molecular weight is 205 g/mol. The smallest absolute Gasteiger partial charge is 0.0926 e. The maximum Gasteiger partial charge on any atom is 0.0926 e. The Balaban J connectivity index is 1.86. The molecule has 3 heteroatoms. The molecule has 1 spiro atoms. The van der Waals surface area contributed by atoms with Gasteiger partial charge in [0, 0.05) is 18.7 Å². The van der Waals surface area contributed by atoms with Crippen LogP contribution in [-0.2, 0) is 12.0 Å². The second-order valence-electron chi connectivity index (χ2n) is 5.40. The van der Waals surface area contributed by atoms with Gasteiger partial charge < -0.3 is 10.3 Å². The molecule has 0 aromatic carbocycles. The molecule has 82 valence electrons. The van der Waals surface area contributed by atoms with Gasteiger partial charge in [-0.25, -0.2) is 4.98 Å². The molecule has 0 unspecified atom stereocenters. The second-order valence-corrected chi connectivity index (χ2v) is 5.40. The van der Waals surface area contributed by atoms with E-state index >= 15 is 0 Å².